The lowest BCUT2D eigenvalue weighted by Gasteiger charge is -2.34. The number of methoxy groups -OCH3 is 1. The van der Waals surface area contributed by atoms with Gasteiger partial charge in [0.25, 0.3) is 0 Å². The molecule has 1 heterocycles. The van der Waals surface area contributed by atoms with Crippen molar-refractivity contribution in [3.63, 3.8) is 0 Å². The SMILES string of the molecule is COc1ccc(OCCN2CCN(Cc3ccc(C(N)=O)cc3)CC2)cc1. The average Bonchev–Trinajstić information content (AvgIpc) is 2.70. The number of primary amides is 1. The van der Waals surface area contributed by atoms with Gasteiger partial charge in [-0.1, -0.05) is 12.1 Å². The van der Waals surface area contributed by atoms with Gasteiger partial charge < -0.3 is 15.2 Å². The molecular weight excluding hydrogens is 342 g/mol. The molecular formula is C21H27N3O3. The van der Waals surface area contributed by atoms with Crippen LogP contribution in [0, 0.1) is 0 Å². The van der Waals surface area contributed by atoms with Gasteiger partial charge in [0, 0.05) is 44.8 Å². The third kappa shape index (κ3) is 5.70. The van der Waals surface area contributed by atoms with Crippen LogP contribution in [0.5, 0.6) is 11.5 Å². The summed E-state index contributed by atoms with van der Waals surface area (Å²) in [5.41, 5.74) is 7.04. The highest BCUT2D eigenvalue weighted by molar-refractivity contribution is 5.92. The summed E-state index contributed by atoms with van der Waals surface area (Å²) < 4.78 is 11.0. The van der Waals surface area contributed by atoms with E-state index in [2.05, 4.69) is 9.80 Å². The molecule has 1 saturated heterocycles. The van der Waals surface area contributed by atoms with Crippen molar-refractivity contribution in [3.8, 4) is 11.5 Å². The summed E-state index contributed by atoms with van der Waals surface area (Å²) in [6.07, 6.45) is 0. The van der Waals surface area contributed by atoms with E-state index in [1.807, 2.05) is 36.4 Å². The van der Waals surface area contributed by atoms with E-state index >= 15 is 0 Å². The number of rotatable bonds is 8. The molecule has 1 amide bonds. The molecule has 27 heavy (non-hydrogen) atoms. The van der Waals surface area contributed by atoms with E-state index in [0.29, 0.717) is 12.2 Å². The average molecular weight is 369 g/mol. The van der Waals surface area contributed by atoms with E-state index in [-0.39, 0.29) is 5.91 Å². The van der Waals surface area contributed by atoms with Crippen molar-refractivity contribution in [1.82, 2.24) is 9.80 Å². The van der Waals surface area contributed by atoms with Crippen LogP contribution in [0.25, 0.3) is 0 Å². The molecule has 6 nitrogen and oxygen atoms in total. The number of ether oxygens (including phenoxy) is 2. The van der Waals surface area contributed by atoms with Gasteiger partial charge in [0.05, 0.1) is 7.11 Å². The van der Waals surface area contributed by atoms with Crippen molar-refractivity contribution in [2.75, 3.05) is 46.4 Å². The molecule has 144 valence electrons. The summed E-state index contributed by atoms with van der Waals surface area (Å²) in [7, 11) is 1.66. The molecule has 1 aliphatic heterocycles. The Balaban J connectivity index is 1.36. The molecule has 3 rings (SSSR count). The number of piperazine rings is 1. The Labute approximate surface area is 160 Å². The molecule has 0 spiro atoms. The fourth-order valence-electron chi connectivity index (χ4n) is 3.17. The molecule has 2 N–H and O–H groups in total. The molecule has 0 aromatic heterocycles. The van der Waals surface area contributed by atoms with Crippen LogP contribution in [0.4, 0.5) is 0 Å². The van der Waals surface area contributed by atoms with Crippen LogP contribution in [0.2, 0.25) is 0 Å². The first kappa shape index (κ1) is 19.2. The molecule has 0 radical (unpaired) electrons. The fourth-order valence-corrected chi connectivity index (χ4v) is 3.17. The first-order valence-corrected chi connectivity index (χ1v) is 9.24. The van der Waals surface area contributed by atoms with Gasteiger partial charge in [-0.2, -0.15) is 0 Å². The minimum atomic E-state index is -0.382. The van der Waals surface area contributed by atoms with E-state index < -0.39 is 0 Å². The molecule has 0 unspecified atom stereocenters. The second kappa shape index (κ2) is 9.39. The number of nitrogens with zero attached hydrogens (tertiary/aromatic N) is 2. The lowest BCUT2D eigenvalue weighted by atomic mass is 10.1. The maximum atomic E-state index is 11.1. The number of amides is 1. The zero-order valence-corrected chi connectivity index (χ0v) is 15.8. The van der Waals surface area contributed by atoms with Crippen LogP contribution in [0.1, 0.15) is 15.9 Å². The topological polar surface area (TPSA) is 68.0 Å². The van der Waals surface area contributed by atoms with E-state index in [9.17, 15) is 4.79 Å². The summed E-state index contributed by atoms with van der Waals surface area (Å²) >= 11 is 0. The Kier molecular flexibility index (Phi) is 6.68. The molecule has 0 atom stereocenters. The normalized spacial score (nSPS) is 15.4. The predicted molar refractivity (Wildman–Crippen MR) is 105 cm³/mol. The molecule has 0 saturated carbocycles. The Morgan fingerprint density at radius 2 is 1.52 bits per heavy atom. The zero-order chi connectivity index (χ0) is 19.1. The maximum Gasteiger partial charge on any atom is 0.248 e. The smallest absolute Gasteiger partial charge is 0.248 e. The number of benzene rings is 2. The minimum Gasteiger partial charge on any atom is -0.497 e. The molecule has 1 fully saturated rings. The summed E-state index contributed by atoms with van der Waals surface area (Å²) in [5, 5.41) is 0. The largest absolute Gasteiger partial charge is 0.497 e. The van der Waals surface area contributed by atoms with Crippen LogP contribution in [0.15, 0.2) is 48.5 Å². The third-order valence-corrected chi connectivity index (χ3v) is 4.85. The maximum absolute atomic E-state index is 11.1. The lowest BCUT2D eigenvalue weighted by molar-refractivity contribution is 0.1000. The third-order valence-electron chi connectivity index (χ3n) is 4.85. The predicted octanol–water partition coefficient (Wildman–Crippen LogP) is 1.99. The van der Waals surface area contributed by atoms with E-state index in [1.54, 1.807) is 19.2 Å². The Bertz CT molecular complexity index is 723. The van der Waals surface area contributed by atoms with E-state index in [0.717, 1.165) is 50.8 Å². The number of hydrogen-bond acceptors (Lipinski definition) is 5. The van der Waals surface area contributed by atoms with E-state index in [1.165, 1.54) is 5.56 Å². The molecule has 2 aromatic rings. The van der Waals surface area contributed by atoms with Gasteiger partial charge in [0.1, 0.15) is 18.1 Å². The van der Waals surface area contributed by atoms with Crippen molar-refractivity contribution >= 4 is 5.91 Å². The second-order valence-corrected chi connectivity index (χ2v) is 6.70. The number of nitrogens with two attached hydrogens (primary N) is 1. The monoisotopic (exact) mass is 369 g/mol. The van der Waals surface area contributed by atoms with Crippen LogP contribution in [-0.4, -0.2) is 62.1 Å². The lowest BCUT2D eigenvalue weighted by Crippen LogP contribution is -2.47. The van der Waals surface area contributed by atoms with Gasteiger partial charge in [0.2, 0.25) is 5.91 Å². The molecule has 1 aliphatic rings. The highest BCUT2D eigenvalue weighted by atomic mass is 16.5. The Hall–Kier alpha value is -2.57. The summed E-state index contributed by atoms with van der Waals surface area (Å²) in [5.74, 6) is 1.32. The minimum absolute atomic E-state index is 0.382. The van der Waals surface area contributed by atoms with Gasteiger partial charge in [-0.25, -0.2) is 0 Å². The van der Waals surface area contributed by atoms with Gasteiger partial charge in [-0.15, -0.1) is 0 Å². The van der Waals surface area contributed by atoms with Crippen molar-refractivity contribution in [1.29, 1.82) is 0 Å². The molecule has 6 heteroatoms. The summed E-state index contributed by atoms with van der Waals surface area (Å²) in [6, 6.07) is 15.2. The fraction of sp³-hybridized carbons (Fsp3) is 0.381. The first-order chi connectivity index (χ1) is 13.1. The van der Waals surface area contributed by atoms with Gasteiger partial charge in [-0.3, -0.25) is 14.6 Å². The number of hydrogen-bond donors (Lipinski definition) is 1. The molecule has 0 aliphatic carbocycles. The highest BCUT2D eigenvalue weighted by Gasteiger charge is 2.17. The van der Waals surface area contributed by atoms with Crippen molar-refractivity contribution in [3.05, 3.63) is 59.7 Å². The zero-order valence-electron chi connectivity index (χ0n) is 15.8. The van der Waals surface area contributed by atoms with Crippen LogP contribution < -0.4 is 15.2 Å². The van der Waals surface area contributed by atoms with E-state index in [4.69, 9.17) is 15.2 Å². The Morgan fingerprint density at radius 3 is 2.11 bits per heavy atom. The van der Waals surface area contributed by atoms with Gasteiger partial charge in [0.15, 0.2) is 0 Å². The standard InChI is InChI=1S/C21H27N3O3/c1-26-19-6-8-20(9-7-19)27-15-14-23-10-12-24(13-11-23)16-17-2-4-18(5-3-17)21(22)25/h2-9H,10-16H2,1H3,(H2,22,25). The molecule has 2 aromatic carbocycles. The number of carbonyl (C=O) groups excluding carboxylic acids is 1. The Morgan fingerprint density at radius 1 is 0.926 bits per heavy atom. The van der Waals surface area contributed by atoms with Crippen molar-refractivity contribution in [2.24, 2.45) is 5.73 Å². The highest BCUT2D eigenvalue weighted by Crippen LogP contribution is 2.17. The summed E-state index contributed by atoms with van der Waals surface area (Å²) in [4.78, 5) is 16.0. The van der Waals surface area contributed by atoms with Crippen molar-refractivity contribution < 1.29 is 14.3 Å². The van der Waals surface area contributed by atoms with Crippen molar-refractivity contribution in [2.45, 2.75) is 6.54 Å². The van der Waals surface area contributed by atoms with Crippen LogP contribution in [0.3, 0.4) is 0 Å². The van der Waals surface area contributed by atoms with Gasteiger partial charge in [-0.05, 0) is 42.0 Å². The first-order valence-electron chi connectivity index (χ1n) is 9.24. The quantitative estimate of drug-likeness (QED) is 0.771. The number of carbonyl (C=O) groups is 1. The van der Waals surface area contributed by atoms with Gasteiger partial charge >= 0.3 is 0 Å². The molecule has 0 bridgehead atoms. The second-order valence-electron chi connectivity index (χ2n) is 6.70. The summed E-state index contributed by atoms with van der Waals surface area (Å²) in [6.45, 7) is 6.63. The van der Waals surface area contributed by atoms with Crippen LogP contribution in [-0.2, 0) is 6.54 Å². The van der Waals surface area contributed by atoms with Crippen LogP contribution >= 0.6 is 0 Å².